The van der Waals surface area contributed by atoms with Crippen LogP contribution >= 0.6 is 0 Å². The van der Waals surface area contributed by atoms with Gasteiger partial charge in [-0.05, 0) is 19.4 Å². The van der Waals surface area contributed by atoms with Gasteiger partial charge in [0, 0.05) is 51.9 Å². The minimum Gasteiger partial charge on any atom is -0.373 e. The predicted molar refractivity (Wildman–Crippen MR) is 104 cm³/mol. The summed E-state index contributed by atoms with van der Waals surface area (Å²) >= 11 is 0. The lowest BCUT2D eigenvalue weighted by atomic mass is 9.88. The van der Waals surface area contributed by atoms with E-state index in [-0.39, 0.29) is 18.2 Å². The van der Waals surface area contributed by atoms with Crippen LogP contribution in [0.25, 0.3) is 0 Å². The van der Waals surface area contributed by atoms with Crippen LogP contribution in [0.5, 0.6) is 0 Å². The van der Waals surface area contributed by atoms with Gasteiger partial charge in [0.25, 0.3) is 0 Å². The molecular formula is C20H30N4O3. The largest absolute Gasteiger partial charge is 0.373 e. The van der Waals surface area contributed by atoms with E-state index in [2.05, 4.69) is 10.2 Å². The van der Waals surface area contributed by atoms with E-state index in [0.717, 1.165) is 18.7 Å². The minimum atomic E-state index is -1.14. The molecule has 2 aliphatic heterocycles. The normalized spacial score (nSPS) is 26.9. The number of rotatable bonds is 6. The van der Waals surface area contributed by atoms with E-state index >= 15 is 0 Å². The van der Waals surface area contributed by atoms with Crippen molar-refractivity contribution < 1.29 is 14.4 Å². The van der Waals surface area contributed by atoms with Gasteiger partial charge < -0.3 is 20.3 Å². The lowest BCUT2D eigenvalue weighted by Gasteiger charge is -2.45. The Hall–Kier alpha value is -1.80. The highest BCUT2D eigenvalue weighted by Gasteiger charge is 2.47. The van der Waals surface area contributed by atoms with Crippen LogP contribution in [0.2, 0.25) is 0 Å². The first kappa shape index (κ1) is 19.9. The molecule has 3 unspecified atom stereocenters. The number of ether oxygens (including phenoxy) is 1. The van der Waals surface area contributed by atoms with E-state index in [1.807, 2.05) is 44.2 Å². The minimum absolute atomic E-state index is 0.00386. The van der Waals surface area contributed by atoms with Crippen LogP contribution in [-0.4, -0.2) is 79.2 Å². The Bertz CT molecular complexity index is 625. The van der Waals surface area contributed by atoms with Crippen molar-refractivity contribution in [3.8, 4) is 0 Å². The Kier molecular flexibility index (Phi) is 6.59. The molecular weight excluding hydrogens is 344 g/mol. The van der Waals surface area contributed by atoms with Gasteiger partial charge in [0.15, 0.2) is 5.54 Å². The summed E-state index contributed by atoms with van der Waals surface area (Å²) in [6.07, 6.45) is 1.66. The molecule has 2 saturated heterocycles. The molecule has 2 aliphatic rings. The van der Waals surface area contributed by atoms with Crippen molar-refractivity contribution in [3.63, 3.8) is 0 Å². The Balaban J connectivity index is 1.88. The van der Waals surface area contributed by atoms with E-state index in [4.69, 9.17) is 15.0 Å². The number of morpholine rings is 1. The van der Waals surface area contributed by atoms with Gasteiger partial charge in [-0.25, -0.2) is 4.79 Å². The van der Waals surface area contributed by atoms with Gasteiger partial charge in [-0.3, -0.25) is 4.90 Å². The number of nitrogens with zero attached hydrogens (tertiary/aromatic N) is 2. The summed E-state index contributed by atoms with van der Waals surface area (Å²) in [6, 6.07) is 9.84. The van der Waals surface area contributed by atoms with Crippen LogP contribution in [0.15, 0.2) is 30.3 Å². The van der Waals surface area contributed by atoms with Crippen molar-refractivity contribution in [1.29, 1.82) is 5.41 Å². The predicted octanol–water partition coefficient (Wildman–Crippen LogP) is 1.09. The Morgan fingerprint density at radius 2 is 1.89 bits per heavy atom. The molecule has 148 valence electrons. The van der Waals surface area contributed by atoms with Crippen molar-refractivity contribution in [2.75, 3.05) is 39.3 Å². The van der Waals surface area contributed by atoms with Gasteiger partial charge >= 0.3 is 5.97 Å². The number of hydrogen-bond acceptors (Lipinski definition) is 7. The van der Waals surface area contributed by atoms with E-state index in [1.165, 1.54) is 6.21 Å². The van der Waals surface area contributed by atoms with Gasteiger partial charge in [-0.15, -0.1) is 5.06 Å². The van der Waals surface area contributed by atoms with Crippen LogP contribution in [0.4, 0.5) is 0 Å². The molecule has 1 aromatic rings. The Labute approximate surface area is 161 Å². The molecule has 27 heavy (non-hydrogen) atoms. The van der Waals surface area contributed by atoms with Gasteiger partial charge in [-0.1, -0.05) is 30.3 Å². The number of nitrogens with one attached hydrogen (secondary N) is 2. The third kappa shape index (κ3) is 4.73. The number of benzene rings is 1. The number of piperazine rings is 1. The molecule has 3 rings (SSSR count). The number of hydrogen-bond donors (Lipinski definition) is 2. The standard InChI is InChI=1S/C20H30N4O3/c1-16-13-23(14-17(2)26-16)20(15-21,12-18-6-4-3-5-7-18)19(25)27-24-10-8-22-9-11-24/h3-7,15-17,21-22H,8-14H2,1-2H3. The first-order chi connectivity index (χ1) is 13.0. The first-order valence-electron chi connectivity index (χ1n) is 9.67. The van der Waals surface area contributed by atoms with Gasteiger partial charge in [0.2, 0.25) is 0 Å². The summed E-state index contributed by atoms with van der Waals surface area (Å²) in [5, 5.41) is 13.2. The van der Waals surface area contributed by atoms with Gasteiger partial charge in [0.05, 0.1) is 12.2 Å². The smallest absolute Gasteiger partial charge is 0.351 e. The fourth-order valence-corrected chi connectivity index (χ4v) is 3.86. The Morgan fingerprint density at radius 1 is 1.26 bits per heavy atom. The summed E-state index contributed by atoms with van der Waals surface area (Å²) in [7, 11) is 0. The summed E-state index contributed by atoms with van der Waals surface area (Å²) in [4.78, 5) is 21.2. The SMILES string of the molecule is CC1CN(C(C=N)(Cc2ccccc2)C(=O)ON2CCNCC2)CC(C)O1. The summed E-state index contributed by atoms with van der Waals surface area (Å²) in [6.45, 7) is 8.06. The fraction of sp³-hybridized carbons (Fsp3) is 0.600. The van der Waals surface area contributed by atoms with Crippen molar-refractivity contribution in [3.05, 3.63) is 35.9 Å². The molecule has 0 radical (unpaired) electrons. The van der Waals surface area contributed by atoms with E-state index in [0.29, 0.717) is 32.6 Å². The zero-order valence-electron chi connectivity index (χ0n) is 16.2. The third-order valence-electron chi connectivity index (χ3n) is 5.18. The molecule has 2 heterocycles. The zero-order chi connectivity index (χ0) is 19.3. The van der Waals surface area contributed by atoms with E-state index in [1.54, 1.807) is 5.06 Å². The van der Waals surface area contributed by atoms with Crippen molar-refractivity contribution >= 4 is 12.2 Å². The summed E-state index contributed by atoms with van der Waals surface area (Å²) < 4.78 is 5.85. The van der Waals surface area contributed by atoms with Crippen LogP contribution < -0.4 is 5.32 Å². The molecule has 2 N–H and O–H groups in total. The zero-order valence-corrected chi connectivity index (χ0v) is 16.2. The second-order valence-corrected chi connectivity index (χ2v) is 7.45. The molecule has 3 atom stereocenters. The maximum Gasteiger partial charge on any atom is 0.351 e. The van der Waals surface area contributed by atoms with Crippen molar-refractivity contribution in [2.45, 2.75) is 38.0 Å². The number of carbonyl (C=O) groups is 1. The molecule has 1 aromatic carbocycles. The second kappa shape index (κ2) is 8.93. The molecule has 2 fully saturated rings. The van der Waals surface area contributed by atoms with Crippen LogP contribution in [0.3, 0.4) is 0 Å². The molecule has 0 bridgehead atoms. The molecule has 0 spiro atoms. The van der Waals surface area contributed by atoms with E-state index in [9.17, 15) is 4.79 Å². The quantitative estimate of drug-likeness (QED) is 0.726. The van der Waals surface area contributed by atoms with Gasteiger partial charge in [0.1, 0.15) is 0 Å². The van der Waals surface area contributed by atoms with Crippen LogP contribution in [0.1, 0.15) is 19.4 Å². The molecule has 7 heteroatoms. The van der Waals surface area contributed by atoms with Crippen molar-refractivity contribution in [2.24, 2.45) is 0 Å². The molecule has 0 aromatic heterocycles. The maximum atomic E-state index is 13.4. The Morgan fingerprint density at radius 3 is 2.48 bits per heavy atom. The monoisotopic (exact) mass is 374 g/mol. The molecule has 0 saturated carbocycles. The third-order valence-corrected chi connectivity index (χ3v) is 5.18. The molecule has 0 amide bonds. The average molecular weight is 374 g/mol. The summed E-state index contributed by atoms with van der Waals surface area (Å²) in [5.74, 6) is -0.385. The van der Waals surface area contributed by atoms with E-state index < -0.39 is 5.54 Å². The lowest BCUT2D eigenvalue weighted by molar-refractivity contribution is -0.206. The van der Waals surface area contributed by atoms with Gasteiger partial charge in [-0.2, -0.15) is 0 Å². The highest BCUT2D eigenvalue weighted by molar-refractivity contribution is 5.99. The highest BCUT2D eigenvalue weighted by atomic mass is 16.7. The van der Waals surface area contributed by atoms with Crippen LogP contribution in [0, 0.1) is 5.41 Å². The average Bonchev–Trinajstić information content (AvgIpc) is 2.67. The number of hydroxylamine groups is 2. The topological polar surface area (TPSA) is 77.9 Å². The highest BCUT2D eigenvalue weighted by Crippen LogP contribution is 2.26. The molecule has 0 aliphatic carbocycles. The van der Waals surface area contributed by atoms with Crippen molar-refractivity contribution in [1.82, 2.24) is 15.3 Å². The fourth-order valence-electron chi connectivity index (χ4n) is 3.86. The summed E-state index contributed by atoms with van der Waals surface area (Å²) in [5.41, 5.74) is -0.136. The maximum absolute atomic E-state index is 13.4. The van der Waals surface area contributed by atoms with Crippen LogP contribution in [-0.2, 0) is 20.8 Å². The number of carbonyl (C=O) groups excluding carboxylic acids is 1. The molecule has 7 nitrogen and oxygen atoms in total. The second-order valence-electron chi connectivity index (χ2n) is 7.45. The first-order valence-corrected chi connectivity index (χ1v) is 9.67. The lowest BCUT2D eigenvalue weighted by Crippen LogP contribution is -2.64.